The highest BCUT2D eigenvalue weighted by molar-refractivity contribution is 5.46. The van der Waals surface area contributed by atoms with Crippen LogP contribution in [-0.2, 0) is 11.8 Å². The van der Waals surface area contributed by atoms with Gasteiger partial charge >= 0.3 is 12.4 Å². The Bertz CT molecular complexity index is 638. The number of nitriles is 1. The van der Waals surface area contributed by atoms with Crippen LogP contribution in [-0.4, -0.2) is 11.3 Å². The van der Waals surface area contributed by atoms with Crippen LogP contribution in [0.4, 0.5) is 26.3 Å². The molecule has 0 aliphatic heterocycles. The average Bonchev–Trinajstić information content (AvgIpc) is 2.42. The van der Waals surface area contributed by atoms with Gasteiger partial charge in [0.1, 0.15) is 0 Å². The molecule has 0 saturated carbocycles. The zero-order chi connectivity index (χ0) is 17.3. The van der Waals surface area contributed by atoms with E-state index in [0.717, 1.165) is 13.0 Å². The van der Waals surface area contributed by atoms with E-state index in [2.05, 4.69) is 0 Å². The zero-order valence-electron chi connectivity index (χ0n) is 11.5. The number of nitrogens with zero attached hydrogens (tertiary/aromatic N) is 1. The second kappa shape index (κ2) is 5.65. The van der Waals surface area contributed by atoms with Gasteiger partial charge < -0.3 is 5.11 Å². The fourth-order valence-electron chi connectivity index (χ4n) is 1.93. The summed E-state index contributed by atoms with van der Waals surface area (Å²) in [5.74, 6) is 0. The molecular weight excluding hydrogens is 312 g/mol. The van der Waals surface area contributed by atoms with Crippen LogP contribution >= 0.6 is 0 Å². The van der Waals surface area contributed by atoms with E-state index < -0.39 is 40.2 Å². The second-order valence-electron chi connectivity index (χ2n) is 4.55. The van der Waals surface area contributed by atoms with Gasteiger partial charge in [0.2, 0.25) is 5.60 Å². The van der Waals surface area contributed by atoms with E-state index >= 15 is 0 Å². The third-order valence-electron chi connectivity index (χ3n) is 3.28. The van der Waals surface area contributed by atoms with Crippen molar-refractivity contribution in [3.05, 3.63) is 46.5 Å². The third kappa shape index (κ3) is 2.95. The van der Waals surface area contributed by atoms with Gasteiger partial charge in [0.05, 0.1) is 17.2 Å². The van der Waals surface area contributed by atoms with Crippen molar-refractivity contribution < 1.29 is 31.4 Å². The molecule has 0 radical (unpaired) electrons. The molecular formula is C14H11F6NO. The Morgan fingerprint density at radius 1 is 1.18 bits per heavy atom. The summed E-state index contributed by atoms with van der Waals surface area (Å²) in [4.78, 5) is 0. The Morgan fingerprint density at radius 3 is 2.09 bits per heavy atom. The molecule has 0 saturated heterocycles. The molecule has 0 aliphatic rings. The fourth-order valence-corrected chi connectivity index (χ4v) is 1.93. The SMILES string of the molecule is C/C=C(\C)C(O)(c1ccc(C#N)c(C(F)(F)F)c1)C(F)(F)F. The third-order valence-corrected chi connectivity index (χ3v) is 3.28. The van der Waals surface area contributed by atoms with E-state index in [4.69, 9.17) is 5.26 Å². The average molecular weight is 323 g/mol. The number of alkyl halides is 6. The molecule has 1 unspecified atom stereocenters. The van der Waals surface area contributed by atoms with Crippen LogP contribution in [0.25, 0.3) is 0 Å². The summed E-state index contributed by atoms with van der Waals surface area (Å²) in [6, 6.07) is 2.69. The molecule has 0 aliphatic carbocycles. The van der Waals surface area contributed by atoms with E-state index in [9.17, 15) is 31.4 Å². The van der Waals surface area contributed by atoms with Crippen LogP contribution in [0, 0.1) is 11.3 Å². The molecule has 1 rings (SSSR count). The second-order valence-corrected chi connectivity index (χ2v) is 4.55. The lowest BCUT2D eigenvalue weighted by molar-refractivity contribution is -0.250. The van der Waals surface area contributed by atoms with Crippen molar-refractivity contribution >= 4 is 0 Å². The lowest BCUT2D eigenvalue weighted by Gasteiger charge is -2.32. The summed E-state index contributed by atoms with van der Waals surface area (Å²) in [6.07, 6.45) is -9.28. The molecule has 120 valence electrons. The highest BCUT2D eigenvalue weighted by Gasteiger charge is 2.56. The first kappa shape index (κ1) is 18.0. The first-order valence-electron chi connectivity index (χ1n) is 5.94. The molecule has 1 N–H and O–H groups in total. The number of hydrogen-bond donors (Lipinski definition) is 1. The number of allylic oxidation sites excluding steroid dienone is 1. The molecule has 2 nitrogen and oxygen atoms in total. The van der Waals surface area contributed by atoms with Crippen molar-refractivity contribution in [3.8, 4) is 6.07 Å². The van der Waals surface area contributed by atoms with Crippen LogP contribution in [0.2, 0.25) is 0 Å². The van der Waals surface area contributed by atoms with Crippen molar-refractivity contribution in [2.45, 2.75) is 31.8 Å². The lowest BCUT2D eigenvalue weighted by Crippen LogP contribution is -2.43. The maximum atomic E-state index is 13.2. The van der Waals surface area contributed by atoms with Crippen molar-refractivity contribution in [2.24, 2.45) is 0 Å². The van der Waals surface area contributed by atoms with E-state index in [1.165, 1.54) is 13.0 Å². The van der Waals surface area contributed by atoms with Gasteiger partial charge in [-0.3, -0.25) is 0 Å². The van der Waals surface area contributed by atoms with Crippen molar-refractivity contribution in [1.82, 2.24) is 0 Å². The Balaban J connectivity index is 3.71. The van der Waals surface area contributed by atoms with E-state index in [0.29, 0.717) is 12.1 Å². The predicted molar refractivity (Wildman–Crippen MR) is 65.5 cm³/mol. The smallest absolute Gasteiger partial charge is 0.372 e. The number of benzene rings is 1. The maximum absolute atomic E-state index is 13.2. The van der Waals surface area contributed by atoms with Crippen LogP contribution < -0.4 is 0 Å². The minimum atomic E-state index is -5.22. The standard InChI is InChI=1S/C14H11F6NO/c1-3-8(2)12(22,14(18,19)20)10-5-4-9(7-21)11(6-10)13(15,16)17/h3-6,22H,1-2H3/b8-3+. The summed E-state index contributed by atoms with van der Waals surface area (Å²) in [5.41, 5.74) is -7.48. The Labute approximate surface area is 122 Å². The number of halogens is 6. The van der Waals surface area contributed by atoms with Crippen LogP contribution in [0.15, 0.2) is 29.8 Å². The van der Waals surface area contributed by atoms with Gasteiger partial charge in [0.25, 0.3) is 0 Å². The van der Waals surface area contributed by atoms with Gasteiger partial charge in [-0.15, -0.1) is 0 Å². The molecule has 0 amide bonds. The van der Waals surface area contributed by atoms with Crippen LogP contribution in [0.3, 0.4) is 0 Å². The van der Waals surface area contributed by atoms with E-state index in [1.54, 1.807) is 0 Å². The number of hydrogen-bond acceptors (Lipinski definition) is 2. The molecule has 0 fully saturated rings. The van der Waals surface area contributed by atoms with Gasteiger partial charge in [-0.2, -0.15) is 31.6 Å². The normalized spacial score (nSPS) is 16.1. The maximum Gasteiger partial charge on any atom is 0.425 e. The van der Waals surface area contributed by atoms with Crippen molar-refractivity contribution in [1.29, 1.82) is 5.26 Å². The molecule has 0 spiro atoms. The topological polar surface area (TPSA) is 44.0 Å². The molecule has 0 bridgehead atoms. The minimum Gasteiger partial charge on any atom is -0.372 e. The van der Waals surface area contributed by atoms with Gasteiger partial charge in [0.15, 0.2) is 0 Å². The Morgan fingerprint density at radius 2 is 1.73 bits per heavy atom. The van der Waals surface area contributed by atoms with Crippen LogP contribution in [0.1, 0.15) is 30.5 Å². The van der Waals surface area contributed by atoms with Crippen LogP contribution in [0.5, 0.6) is 0 Å². The van der Waals surface area contributed by atoms with E-state index in [-0.39, 0.29) is 6.07 Å². The van der Waals surface area contributed by atoms with Crippen molar-refractivity contribution in [3.63, 3.8) is 0 Å². The molecule has 0 aromatic heterocycles. The molecule has 1 aromatic carbocycles. The summed E-state index contributed by atoms with van der Waals surface area (Å²) < 4.78 is 78.2. The van der Waals surface area contributed by atoms with Gasteiger partial charge in [-0.05, 0) is 37.1 Å². The van der Waals surface area contributed by atoms with Gasteiger partial charge in [0, 0.05) is 0 Å². The summed E-state index contributed by atoms with van der Waals surface area (Å²) in [5, 5.41) is 18.6. The number of rotatable bonds is 2. The summed E-state index contributed by atoms with van der Waals surface area (Å²) in [6.45, 7) is 2.18. The zero-order valence-corrected chi connectivity index (χ0v) is 11.5. The summed E-state index contributed by atoms with van der Waals surface area (Å²) in [7, 11) is 0. The molecule has 1 atom stereocenters. The first-order valence-corrected chi connectivity index (χ1v) is 5.94. The monoisotopic (exact) mass is 323 g/mol. The quantitative estimate of drug-likeness (QED) is 0.652. The highest BCUT2D eigenvalue weighted by Crippen LogP contribution is 2.45. The minimum absolute atomic E-state index is 0.152. The Kier molecular flexibility index (Phi) is 4.63. The summed E-state index contributed by atoms with van der Waals surface area (Å²) >= 11 is 0. The fraction of sp³-hybridized carbons (Fsp3) is 0.357. The largest absolute Gasteiger partial charge is 0.425 e. The van der Waals surface area contributed by atoms with Gasteiger partial charge in [-0.25, -0.2) is 0 Å². The Hall–Kier alpha value is -2.01. The lowest BCUT2D eigenvalue weighted by atomic mass is 9.84. The molecule has 22 heavy (non-hydrogen) atoms. The molecule has 0 heterocycles. The first-order chi connectivity index (χ1) is 9.89. The molecule has 1 aromatic rings. The van der Waals surface area contributed by atoms with E-state index in [1.807, 2.05) is 0 Å². The number of aliphatic hydroxyl groups is 1. The highest BCUT2D eigenvalue weighted by atomic mass is 19.4. The molecule has 8 heteroatoms. The van der Waals surface area contributed by atoms with Crippen molar-refractivity contribution in [2.75, 3.05) is 0 Å². The van der Waals surface area contributed by atoms with Gasteiger partial charge in [-0.1, -0.05) is 12.1 Å². The predicted octanol–water partition coefficient (Wildman–Crippen LogP) is 4.29.